The van der Waals surface area contributed by atoms with Crippen LogP contribution >= 0.6 is 11.6 Å². The lowest BCUT2D eigenvalue weighted by Gasteiger charge is -2.06. The van der Waals surface area contributed by atoms with Crippen molar-refractivity contribution in [3.8, 4) is 0 Å². The van der Waals surface area contributed by atoms with Gasteiger partial charge in [-0.05, 0) is 0 Å². The quantitative estimate of drug-likeness (QED) is 0.775. The van der Waals surface area contributed by atoms with Crippen LogP contribution in [0.2, 0.25) is 5.02 Å². The van der Waals surface area contributed by atoms with Crippen LogP contribution in [-0.2, 0) is 6.61 Å². The highest BCUT2D eigenvalue weighted by molar-refractivity contribution is 6.31. The van der Waals surface area contributed by atoms with Crippen molar-refractivity contribution in [2.24, 2.45) is 0 Å². The zero-order valence-corrected chi connectivity index (χ0v) is 7.11. The molecule has 1 aromatic rings. The maximum absolute atomic E-state index is 12.2. The van der Waals surface area contributed by atoms with E-state index in [1.54, 1.807) is 0 Å². The number of aliphatic hydroxyl groups excluding tert-OH is 1. The van der Waals surface area contributed by atoms with Gasteiger partial charge in [-0.25, -0.2) is 8.78 Å². The van der Waals surface area contributed by atoms with Gasteiger partial charge in [0.1, 0.15) is 5.02 Å². The summed E-state index contributed by atoms with van der Waals surface area (Å²) in [7, 11) is 0. The van der Waals surface area contributed by atoms with Crippen LogP contribution in [0.4, 0.5) is 8.78 Å². The molecule has 0 spiro atoms. The van der Waals surface area contributed by atoms with Gasteiger partial charge in [0.15, 0.2) is 0 Å². The minimum absolute atomic E-state index is 0.222. The Hall–Kier alpha value is -0.940. The molecule has 72 valence electrons. The van der Waals surface area contributed by atoms with Gasteiger partial charge in [0, 0.05) is 17.3 Å². The van der Waals surface area contributed by atoms with E-state index in [9.17, 15) is 13.6 Å². The third-order valence-corrected chi connectivity index (χ3v) is 1.96. The molecule has 6 heteroatoms. The second kappa shape index (κ2) is 3.85. The third kappa shape index (κ3) is 1.87. The Morgan fingerprint density at radius 3 is 2.69 bits per heavy atom. The van der Waals surface area contributed by atoms with E-state index in [0.29, 0.717) is 0 Å². The summed E-state index contributed by atoms with van der Waals surface area (Å²) >= 11 is 5.41. The van der Waals surface area contributed by atoms with Gasteiger partial charge in [-0.3, -0.25) is 4.79 Å². The molecule has 0 aliphatic heterocycles. The number of H-pyrrole nitrogens is 1. The smallest absolute Gasteiger partial charge is 0.267 e. The Morgan fingerprint density at radius 1 is 1.62 bits per heavy atom. The summed E-state index contributed by atoms with van der Waals surface area (Å²) in [6, 6.07) is 0. The van der Waals surface area contributed by atoms with Crippen LogP contribution in [0, 0.1) is 0 Å². The minimum Gasteiger partial charge on any atom is -0.392 e. The fraction of sp³-hybridized carbons (Fsp3) is 0.286. The number of aromatic nitrogens is 1. The van der Waals surface area contributed by atoms with Crippen molar-refractivity contribution >= 4 is 11.6 Å². The summed E-state index contributed by atoms with van der Waals surface area (Å²) in [6.07, 6.45) is -1.92. The van der Waals surface area contributed by atoms with Crippen molar-refractivity contribution in [1.82, 2.24) is 4.98 Å². The fourth-order valence-corrected chi connectivity index (χ4v) is 1.14. The lowest BCUT2D eigenvalue weighted by Crippen LogP contribution is -2.11. The largest absolute Gasteiger partial charge is 0.392 e. The van der Waals surface area contributed by atoms with Crippen LogP contribution in [-0.4, -0.2) is 10.1 Å². The zero-order valence-electron chi connectivity index (χ0n) is 6.35. The van der Waals surface area contributed by atoms with Gasteiger partial charge in [-0.2, -0.15) is 0 Å². The Balaban J connectivity index is 3.38. The van der Waals surface area contributed by atoms with E-state index < -0.39 is 24.2 Å². The maximum atomic E-state index is 12.2. The monoisotopic (exact) mass is 209 g/mol. The van der Waals surface area contributed by atoms with Crippen LogP contribution in [0.25, 0.3) is 0 Å². The van der Waals surface area contributed by atoms with Gasteiger partial charge >= 0.3 is 0 Å². The van der Waals surface area contributed by atoms with E-state index in [1.807, 2.05) is 4.98 Å². The van der Waals surface area contributed by atoms with E-state index in [0.717, 1.165) is 6.20 Å². The molecular formula is C7H6ClF2NO2. The molecule has 2 N–H and O–H groups in total. The van der Waals surface area contributed by atoms with Crippen molar-refractivity contribution in [2.75, 3.05) is 0 Å². The second-order valence-corrected chi connectivity index (χ2v) is 2.70. The first-order valence-corrected chi connectivity index (χ1v) is 3.74. The lowest BCUT2D eigenvalue weighted by atomic mass is 10.1. The summed E-state index contributed by atoms with van der Waals surface area (Å²) in [5, 5.41) is 8.31. The summed E-state index contributed by atoms with van der Waals surface area (Å²) in [5.74, 6) is 0. The number of nitrogens with one attached hydrogen (secondary N) is 1. The molecule has 3 nitrogen and oxygen atoms in total. The second-order valence-electron chi connectivity index (χ2n) is 2.32. The molecule has 0 fully saturated rings. The van der Waals surface area contributed by atoms with Crippen molar-refractivity contribution < 1.29 is 13.9 Å². The van der Waals surface area contributed by atoms with Crippen LogP contribution in [0.5, 0.6) is 0 Å². The number of alkyl halides is 2. The van der Waals surface area contributed by atoms with E-state index in [4.69, 9.17) is 16.7 Å². The molecule has 0 amide bonds. The van der Waals surface area contributed by atoms with Crippen molar-refractivity contribution in [3.63, 3.8) is 0 Å². The van der Waals surface area contributed by atoms with Gasteiger partial charge < -0.3 is 10.1 Å². The molecule has 1 aromatic heterocycles. The van der Waals surface area contributed by atoms with Crippen molar-refractivity contribution in [3.05, 3.63) is 32.7 Å². The van der Waals surface area contributed by atoms with Crippen molar-refractivity contribution in [1.29, 1.82) is 0 Å². The Bertz CT molecular complexity index is 364. The molecule has 1 heterocycles. The van der Waals surface area contributed by atoms with Crippen LogP contribution in [0.1, 0.15) is 17.6 Å². The van der Waals surface area contributed by atoms with E-state index in [-0.39, 0.29) is 10.6 Å². The SMILES string of the molecule is O=c1[nH]cc(C(F)F)c(CO)c1Cl. The topological polar surface area (TPSA) is 53.1 Å². The number of aromatic amines is 1. The first-order valence-electron chi connectivity index (χ1n) is 3.37. The number of rotatable bonds is 2. The number of halogens is 3. The highest BCUT2D eigenvalue weighted by Gasteiger charge is 2.16. The van der Waals surface area contributed by atoms with Crippen molar-refractivity contribution in [2.45, 2.75) is 13.0 Å². The number of pyridine rings is 1. The zero-order chi connectivity index (χ0) is 10.0. The normalized spacial score (nSPS) is 10.8. The van der Waals surface area contributed by atoms with E-state index in [1.165, 1.54) is 0 Å². The van der Waals surface area contributed by atoms with Crippen LogP contribution < -0.4 is 5.56 Å². The van der Waals surface area contributed by atoms with E-state index >= 15 is 0 Å². The number of hydrogen-bond donors (Lipinski definition) is 2. The number of aliphatic hydroxyl groups is 1. The van der Waals surface area contributed by atoms with Gasteiger partial charge in [-0.1, -0.05) is 11.6 Å². The highest BCUT2D eigenvalue weighted by Crippen LogP contribution is 2.24. The molecule has 13 heavy (non-hydrogen) atoms. The maximum Gasteiger partial charge on any atom is 0.267 e. The van der Waals surface area contributed by atoms with Gasteiger partial charge in [0.05, 0.1) is 6.61 Å². The molecule has 0 saturated heterocycles. The molecule has 0 unspecified atom stereocenters. The molecule has 0 saturated carbocycles. The average molecular weight is 210 g/mol. The Morgan fingerprint density at radius 2 is 2.23 bits per heavy atom. The average Bonchev–Trinajstić information content (AvgIpc) is 2.09. The summed E-state index contributed by atoms with van der Waals surface area (Å²) in [4.78, 5) is 12.9. The first kappa shape index (κ1) is 10.1. The summed E-state index contributed by atoms with van der Waals surface area (Å²) < 4.78 is 24.5. The Kier molecular flexibility index (Phi) is 3.00. The summed E-state index contributed by atoms with van der Waals surface area (Å²) in [6.45, 7) is -0.678. The standard InChI is InChI=1S/C7H6ClF2NO2/c8-5-4(2-12)3(6(9)10)1-11-7(5)13/h1,6,12H,2H2,(H,11,13). The molecule has 0 radical (unpaired) electrons. The molecule has 0 aromatic carbocycles. The van der Waals surface area contributed by atoms with Crippen LogP contribution in [0.3, 0.4) is 0 Å². The van der Waals surface area contributed by atoms with Gasteiger partial charge in [0.25, 0.3) is 12.0 Å². The predicted octanol–water partition coefficient (Wildman–Crippen LogP) is 1.46. The highest BCUT2D eigenvalue weighted by atomic mass is 35.5. The molecule has 0 aliphatic carbocycles. The molecular weight excluding hydrogens is 204 g/mol. The molecule has 0 aliphatic rings. The molecule has 0 atom stereocenters. The molecule has 1 rings (SSSR count). The Labute approximate surface area is 77.0 Å². The molecule has 0 bridgehead atoms. The third-order valence-electron chi connectivity index (χ3n) is 1.56. The predicted molar refractivity (Wildman–Crippen MR) is 43.0 cm³/mol. The van der Waals surface area contributed by atoms with E-state index in [2.05, 4.69) is 0 Å². The lowest BCUT2D eigenvalue weighted by molar-refractivity contribution is 0.146. The van der Waals surface area contributed by atoms with Crippen LogP contribution in [0.15, 0.2) is 11.0 Å². The minimum atomic E-state index is -2.77. The fourth-order valence-electron chi connectivity index (χ4n) is 0.913. The summed E-state index contributed by atoms with van der Waals surface area (Å²) in [5.41, 5.74) is -1.36. The van der Waals surface area contributed by atoms with Gasteiger partial charge in [0.2, 0.25) is 0 Å². The first-order chi connectivity index (χ1) is 6.07. The number of hydrogen-bond acceptors (Lipinski definition) is 2. The van der Waals surface area contributed by atoms with Gasteiger partial charge in [-0.15, -0.1) is 0 Å².